The van der Waals surface area contributed by atoms with Crippen molar-refractivity contribution in [2.45, 2.75) is 23.2 Å². The van der Waals surface area contributed by atoms with E-state index in [1.165, 1.54) is 0 Å². The summed E-state index contributed by atoms with van der Waals surface area (Å²) in [5, 5.41) is 3.68. The predicted octanol–water partition coefficient (Wildman–Crippen LogP) is 3.44. The molecule has 2 aliphatic heterocycles. The fraction of sp³-hybridized carbons (Fsp3) is 0.381. The Hall–Kier alpha value is -1.73. The quantitative estimate of drug-likeness (QED) is 0.755. The number of anilines is 1. The maximum atomic E-state index is 12.7. The molecule has 4 rings (SSSR count). The van der Waals surface area contributed by atoms with Crippen molar-refractivity contribution in [1.82, 2.24) is 4.90 Å². The number of benzene rings is 2. The topological polar surface area (TPSA) is 64.6 Å². The van der Waals surface area contributed by atoms with Gasteiger partial charge in [-0.3, -0.25) is 9.69 Å². The summed E-state index contributed by atoms with van der Waals surface area (Å²) in [6.45, 7) is 3.07. The van der Waals surface area contributed by atoms with Gasteiger partial charge in [-0.1, -0.05) is 11.6 Å². The molecular weight excluding hydrogens is 396 g/mol. The van der Waals surface area contributed by atoms with Gasteiger partial charge in [-0.2, -0.15) is 0 Å². The molecular formula is C21H23ClN2O3S. The first-order chi connectivity index (χ1) is 13.5. The molecule has 7 heteroatoms. The van der Waals surface area contributed by atoms with Crippen molar-refractivity contribution in [3.05, 3.63) is 53.1 Å². The second kappa shape index (κ2) is 7.95. The number of hydrogen-bond donors (Lipinski definition) is 1. The molecule has 2 aromatic carbocycles. The number of halogens is 1. The highest BCUT2D eigenvalue weighted by molar-refractivity contribution is 7.90. The van der Waals surface area contributed by atoms with Gasteiger partial charge in [0.15, 0.2) is 4.90 Å². The van der Waals surface area contributed by atoms with Gasteiger partial charge in [0.05, 0.1) is 5.41 Å². The maximum Gasteiger partial charge on any atom is 0.235 e. The Labute approximate surface area is 173 Å². The Kier molecular flexibility index (Phi) is 5.56. The van der Waals surface area contributed by atoms with Crippen LogP contribution in [0.5, 0.6) is 5.75 Å². The number of likely N-dealkylation sites (tertiary alicyclic amines) is 1. The molecule has 2 heterocycles. The first-order valence-electron chi connectivity index (χ1n) is 9.38. The third-order valence-electron chi connectivity index (χ3n) is 5.72. The summed E-state index contributed by atoms with van der Waals surface area (Å²) >= 11 is 5.20. The van der Waals surface area contributed by atoms with Gasteiger partial charge in [-0.25, -0.2) is 0 Å². The molecule has 0 aromatic heterocycles. The summed E-state index contributed by atoms with van der Waals surface area (Å²) < 4.78 is 17.2. The molecule has 0 saturated carbocycles. The number of piperidine rings is 1. The highest BCUT2D eigenvalue weighted by Gasteiger charge is 2.48. The van der Waals surface area contributed by atoms with Crippen molar-refractivity contribution < 1.29 is 14.1 Å². The smallest absolute Gasteiger partial charge is 0.235 e. The molecule has 2 aliphatic rings. The van der Waals surface area contributed by atoms with Gasteiger partial charge >= 0.3 is 0 Å². The molecule has 1 fully saturated rings. The fourth-order valence-corrected chi connectivity index (χ4v) is 4.75. The van der Waals surface area contributed by atoms with Crippen LogP contribution in [-0.2, 0) is 21.4 Å². The lowest BCUT2D eigenvalue weighted by Crippen LogP contribution is -2.47. The fourth-order valence-electron chi connectivity index (χ4n) is 4.06. The standard InChI is InChI=1S/C21H23ClN2O3S/c1-28(26)17-5-3-16(4-6-17)27-13-12-24-10-8-21(9-11-24)18-14-15(22)2-7-19(18)23-20(21)25/h2-7,14H,8-13H2,1H3,(H,23,25). The van der Waals surface area contributed by atoms with Crippen LogP contribution in [-0.4, -0.2) is 47.9 Å². The van der Waals surface area contributed by atoms with Gasteiger partial charge in [0.1, 0.15) is 18.6 Å². The Morgan fingerprint density at radius 1 is 1.21 bits per heavy atom. The summed E-state index contributed by atoms with van der Waals surface area (Å²) in [7, 11) is 0. The third-order valence-corrected chi connectivity index (χ3v) is 6.89. The number of nitrogens with zero attached hydrogens (tertiary/aromatic N) is 1. The van der Waals surface area contributed by atoms with Gasteiger partial charge < -0.3 is 14.6 Å². The van der Waals surface area contributed by atoms with Crippen LogP contribution in [0.4, 0.5) is 5.69 Å². The zero-order chi connectivity index (χ0) is 19.7. The van der Waals surface area contributed by atoms with Crippen LogP contribution in [0.15, 0.2) is 47.4 Å². The lowest BCUT2D eigenvalue weighted by atomic mass is 9.73. The number of hydrogen-bond acceptors (Lipinski definition) is 4. The number of amides is 1. The largest absolute Gasteiger partial charge is 0.612 e. The van der Waals surface area contributed by atoms with Gasteiger partial charge in [0, 0.05) is 17.3 Å². The summed E-state index contributed by atoms with van der Waals surface area (Å²) in [6, 6.07) is 13.0. The minimum Gasteiger partial charge on any atom is -0.612 e. The van der Waals surface area contributed by atoms with Crippen molar-refractivity contribution in [1.29, 1.82) is 0 Å². The number of carbonyl (C=O) groups is 1. The Balaban J connectivity index is 1.31. The number of ether oxygens (including phenoxy) is 1. The van der Waals surface area contributed by atoms with E-state index in [0.717, 1.165) is 54.4 Å². The predicted molar refractivity (Wildman–Crippen MR) is 112 cm³/mol. The minimum atomic E-state index is -0.976. The van der Waals surface area contributed by atoms with Gasteiger partial charge in [-0.05, 0) is 85.1 Å². The zero-order valence-corrected chi connectivity index (χ0v) is 17.3. The van der Waals surface area contributed by atoms with E-state index in [9.17, 15) is 9.35 Å². The molecule has 1 spiro atoms. The number of rotatable bonds is 5. The number of fused-ring (bicyclic) bond motifs is 2. The molecule has 1 atom stereocenters. The molecule has 1 N–H and O–H groups in total. The Bertz CT molecular complexity index is 864. The molecule has 0 bridgehead atoms. The lowest BCUT2D eigenvalue weighted by molar-refractivity contribution is -0.122. The third kappa shape index (κ3) is 3.74. The van der Waals surface area contributed by atoms with Crippen molar-refractivity contribution in [3.63, 3.8) is 0 Å². The molecule has 1 amide bonds. The molecule has 148 valence electrons. The van der Waals surface area contributed by atoms with E-state index in [4.69, 9.17) is 16.3 Å². The van der Waals surface area contributed by atoms with E-state index >= 15 is 0 Å². The maximum absolute atomic E-state index is 12.7. The summed E-state index contributed by atoms with van der Waals surface area (Å²) in [4.78, 5) is 15.8. The second-order valence-corrected chi connectivity index (χ2v) is 9.16. The average molecular weight is 419 g/mol. The van der Waals surface area contributed by atoms with Crippen LogP contribution in [0.25, 0.3) is 0 Å². The van der Waals surface area contributed by atoms with Crippen molar-refractivity contribution in [3.8, 4) is 5.75 Å². The highest BCUT2D eigenvalue weighted by Crippen LogP contribution is 2.45. The van der Waals surface area contributed by atoms with E-state index in [1.54, 1.807) is 6.26 Å². The molecule has 0 radical (unpaired) electrons. The monoisotopic (exact) mass is 418 g/mol. The molecule has 28 heavy (non-hydrogen) atoms. The Morgan fingerprint density at radius 3 is 2.61 bits per heavy atom. The van der Waals surface area contributed by atoms with Crippen molar-refractivity contribution in [2.24, 2.45) is 0 Å². The van der Waals surface area contributed by atoms with Crippen LogP contribution in [0.3, 0.4) is 0 Å². The van der Waals surface area contributed by atoms with Crippen molar-refractivity contribution in [2.75, 3.05) is 37.8 Å². The first-order valence-corrected chi connectivity index (χ1v) is 11.3. The summed E-state index contributed by atoms with van der Waals surface area (Å²) in [5.74, 6) is 0.871. The van der Waals surface area contributed by atoms with Crippen LogP contribution >= 0.6 is 11.6 Å². The Morgan fingerprint density at radius 2 is 1.93 bits per heavy atom. The molecule has 1 unspecified atom stereocenters. The SMILES string of the molecule is C[S+]([O-])c1ccc(OCCN2CCC3(CC2)C(=O)Nc2ccc(Cl)cc23)cc1. The van der Waals surface area contributed by atoms with Crippen LogP contribution in [0.1, 0.15) is 18.4 Å². The van der Waals surface area contributed by atoms with E-state index in [-0.39, 0.29) is 5.91 Å². The summed E-state index contributed by atoms with van der Waals surface area (Å²) in [5.41, 5.74) is 1.47. The van der Waals surface area contributed by atoms with Crippen LogP contribution < -0.4 is 10.1 Å². The van der Waals surface area contributed by atoms with Crippen LogP contribution in [0.2, 0.25) is 5.02 Å². The molecule has 5 nitrogen and oxygen atoms in total. The lowest BCUT2D eigenvalue weighted by Gasteiger charge is -2.37. The summed E-state index contributed by atoms with van der Waals surface area (Å²) in [6.07, 6.45) is 3.22. The highest BCUT2D eigenvalue weighted by atomic mass is 35.5. The van der Waals surface area contributed by atoms with E-state index in [1.807, 2.05) is 42.5 Å². The van der Waals surface area contributed by atoms with E-state index in [2.05, 4.69) is 10.2 Å². The second-order valence-electron chi connectivity index (χ2n) is 7.34. The van der Waals surface area contributed by atoms with E-state index in [0.29, 0.717) is 11.6 Å². The molecule has 2 aromatic rings. The number of nitrogens with one attached hydrogen (secondary N) is 1. The average Bonchev–Trinajstić information content (AvgIpc) is 2.95. The first kappa shape index (κ1) is 19.6. The van der Waals surface area contributed by atoms with Gasteiger partial charge in [-0.15, -0.1) is 0 Å². The van der Waals surface area contributed by atoms with Gasteiger partial charge in [0.2, 0.25) is 5.91 Å². The number of carbonyl (C=O) groups excluding carboxylic acids is 1. The zero-order valence-electron chi connectivity index (χ0n) is 15.7. The molecule has 1 saturated heterocycles. The van der Waals surface area contributed by atoms with E-state index < -0.39 is 16.6 Å². The normalized spacial score (nSPS) is 19.3. The molecule has 0 aliphatic carbocycles. The minimum absolute atomic E-state index is 0.0917. The van der Waals surface area contributed by atoms with Crippen molar-refractivity contribution >= 4 is 34.4 Å². The van der Waals surface area contributed by atoms with Crippen LogP contribution in [0, 0.1) is 0 Å². The van der Waals surface area contributed by atoms with Gasteiger partial charge in [0.25, 0.3) is 0 Å².